The minimum absolute atomic E-state index is 0. The Balaban J connectivity index is 0.00000272. The van der Waals surface area contributed by atoms with Crippen LogP contribution in [0.25, 0.3) is 10.2 Å². The van der Waals surface area contributed by atoms with E-state index in [2.05, 4.69) is 46.8 Å². The number of H-pyrrole nitrogens is 1. The third-order valence-corrected chi connectivity index (χ3v) is 7.17. The molecule has 0 radical (unpaired) electrons. The summed E-state index contributed by atoms with van der Waals surface area (Å²) >= 11 is 2.91. The van der Waals surface area contributed by atoms with Gasteiger partial charge in [-0.3, -0.25) is 4.79 Å². The molecule has 6 nitrogen and oxygen atoms in total. The van der Waals surface area contributed by atoms with E-state index in [0.717, 1.165) is 48.9 Å². The number of hydrogen-bond acceptors (Lipinski definition) is 7. The molecule has 3 aromatic rings. The average molecular weight is 535 g/mol. The van der Waals surface area contributed by atoms with Gasteiger partial charge in [-0.05, 0) is 36.3 Å². The lowest BCUT2D eigenvalue weighted by atomic mass is 10.0. The zero-order valence-corrected chi connectivity index (χ0v) is 21.8. The lowest BCUT2D eigenvalue weighted by molar-refractivity contribution is 0.177. The predicted octanol–water partition coefficient (Wildman–Crippen LogP) is 4.28. The van der Waals surface area contributed by atoms with E-state index in [1.54, 1.807) is 6.07 Å². The van der Waals surface area contributed by atoms with E-state index in [4.69, 9.17) is 0 Å². The second-order valence-electron chi connectivity index (χ2n) is 7.59. The molecule has 0 amide bonds. The minimum Gasteiger partial charge on any atom is -0.506 e. The molecule has 2 atom stereocenters. The lowest BCUT2D eigenvalue weighted by Gasteiger charge is -2.14. The van der Waals surface area contributed by atoms with E-state index in [0.29, 0.717) is 28.2 Å². The van der Waals surface area contributed by atoms with Gasteiger partial charge >= 0.3 is 4.87 Å². The number of aliphatic hydroxyl groups is 1. The Morgan fingerprint density at radius 2 is 1.76 bits per heavy atom. The molecular formula is C23H33Cl2N3O3S2. The molecule has 0 saturated carbocycles. The highest BCUT2D eigenvalue weighted by Crippen LogP contribution is 2.31. The summed E-state index contributed by atoms with van der Waals surface area (Å²) in [5.74, 6) is 2.63. The SMILES string of the molecule is C[C@H](CNCCCSCCNC[C@H](O)c1ccc(O)c2[nH]c(=O)sc12)c1ccccc1.Cl.Cl. The number of rotatable bonds is 13. The molecule has 1 heterocycles. The predicted molar refractivity (Wildman–Crippen MR) is 146 cm³/mol. The first-order valence-electron chi connectivity index (χ1n) is 10.6. The fourth-order valence-electron chi connectivity index (χ4n) is 3.41. The third-order valence-electron chi connectivity index (χ3n) is 5.17. The number of thioether (sulfide) groups is 1. The summed E-state index contributed by atoms with van der Waals surface area (Å²) in [5.41, 5.74) is 2.43. The monoisotopic (exact) mass is 533 g/mol. The molecule has 0 aliphatic heterocycles. The number of aliphatic hydroxyl groups excluding tert-OH is 1. The quantitative estimate of drug-likeness (QED) is 0.210. The molecule has 0 unspecified atom stereocenters. The van der Waals surface area contributed by atoms with Crippen molar-refractivity contribution >= 4 is 58.1 Å². The molecule has 5 N–H and O–H groups in total. The number of phenolic OH excluding ortho intramolecular Hbond substituents is 1. The van der Waals surface area contributed by atoms with Crippen molar-refractivity contribution in [1.29, 1.82) is 0 Å². The minimum atomic E-state index is -0.727. The molecule has 0 bridgehead atoms. The van der Waals surface area contributed by atoms with Crippen LogP contribution in [0.5, 0.6) is 5.75 Å². The van der Waals surface area contributed by atoms with Crippen LogP contribution in [0.15, 0.2) is 47.3 Å². The maximum atomic E-state index is 11.6. The van der Waals surface area contributed by atoms with E-state index in [1.165, 1.54) is 11.6 Å². The largest absolute Gasteiger partial charge is 0.506 e. The summed E-state index contributed by atoms with van der Waals surface area (Å²) in [6.07, 6.45) is 0.405. The van der Waals surface area contributed by atoms with Crippen molar-refractivity contribution in [3.63, 3.8) is 0 Å². The van der Waals surface area contributed by atoms with Crippen LogP contribution in [0.2, 0.25) is 0 Å². The van der Waals surface area contributed by atoms with Crippen LogP contribution in [0.1, 0.15) is 36.5 Å². The highest BCUT2D eigenvalue weighted by Gasteiger charge is 2.15. The first-order chi connectivity index (χ1) is 15.1. The smallest absolute Gasteiger partial charge is 0.305 e. The number of aromatic nitrogens is 1. The Morgan fingerprint density at radius 3 is 2.52 bits per heavy atom. The standard InChI is InChI=1S/C23H31N3O3S2.2ClH/c1-16(17-6-3-2-4-7-17)14-24-10-5-12-30-13-11-25-15-20(28)18-8-9-19(27)21-22(18)31-23(29)26-21;;/h2-4,6-9,16,20,24-25,27-28H,5,10-15H2,1H3,(H,26,29);2*1H/t16-,20+;;/m1../s1. The molecule has 10 heteroatoms. The second kappa shape index (κ2) is 15.6. The Bertz CT molecular complexity index is 1000. The summed E-state index contributed by atoms with van der Waals surface area (Å²) in [4.78, 5) is 14.0. The maximum Gasteiger partial charge on any atom is 0.305 e. The molecule has 184 valence electrons. The van der Waals surface area contributed by atoms with Crippen molar-refractivity contribution in [1.82, 2.24) is 15.6 Å². The van der Waals surface area contributed by atoms with Gasteiger partial charge in [-0.2, -0.15) is 11.8 Å². The van der Waals surface area contributed by atoms with E-state index >= 15 is 0 Å². The molecule has 0 aliphatic rings. The number of aromatic amines is 1. The van der Waals surface area contributed by atoms with Crippen LogP contribution < -0.4 is 15.5 Å². The highest BCUT2D eigenvalue weighted by atomic mass is 35.5. The van der Waals surface area contributed by atoms with Gasteiger partial charge in [-0.1, -0.05) is 54.7 Å². The van der Waals surface area contributed by atoms with Crippen molar-refractivity contribution in [3.05, 3.63) is 63.3 Å². The third kappa shape index (κ3) is 9.13. The van der Waals surface area contributed by atoms with E-state index in [-0.39, 0.29) is 35.4 Å². The molecule has 0 spiro atoms. The van der Waals surface area contributed by atoms with Crippen molar-refractivity contribution in [2.24, 2.45) is 0 Å². The van der Waals surface area contributed by atoms with Gasteiger partial charge in [0.15, 0.2) is 0 Å². The number of nitrogens with one attached hydrogen (secondary N) is 3. The molecule has 0 saturated heterocycles. The number of thiazole rings is 1. The Labute approximate surface area is 215 Å². The maximum absolute atomic E-state index is 11.6. The van der Waals surface area contributed by atoms with Crippen molar-refractivity contribution in [3.8, 4) is 5.75 Å². The summed E-state index contributed by atoms with van der Waals surface area (Å²) in [7, 11) is 0. The Morgan fingerprint density at radius 1 is 1.03 bits per heavy atom. The van der Waals surface area contributed by atoms with E-state index in [1.807, 2.05) is 17.8 Å². The first kappa shape index (κ1) is 29.8. The number of fused-ring (bicyclic) bond motifs is 1. The molecule has 33 heavy (non-hydrogen) atoms. The van der Waals surface area contributed by atoms with Crippen LogP contribution in [-0.4, -0.2) is 52.9 Å². The number of hydrogen-bond donors (Lipinski definition) is 5. The van der Waals surface area contributed by atoms with Gasteiger partial charge in [-0.25, -0.2) is 0 Å². The summed E-state index contributed by atoms with van der Waals surface area (Å²) < 4.78 is 0.614. The topological polar surface area (TPSA) is 97.4 Å². The van der Waals surface area contributed by atoms with Crippen LogP contribution in [0, 0.1) is 0 Å². The zero-order valence-electron chi connectivity index (χ0n) is 18.6. The van der Waals surface area contributed by atoms with Gasteiger partial charge < -0.3 is 25.8 Å². The fraction of sp³-hybridized carbons (Fsp3) is 0.435. The summed E-state index contributed by atoms with van der Waals surface area (Å²) in [6, 6.07) is 13.8. The highest BCUT2D eigenvalue weighted by molar-refractivity contribution is 7.99. The number of benzene rings is 2. The van der Waals surface area contributed by atoms with Crippen molar-refractivity contribution in [2.45, 2.75) is 25.4 Å². The van der Waals surface area contributed by atoms with E-state index in [9.17, 15) is 15.0 Å². The molecule has 0 fully saturated rings. The molecule has 1 aromatic heterocycles. The van der Waals surface area contributed by atoms with Gasteiger partial charge in [0.25, 0.3) is 0 Å². The number of aromatic hydroxyl groups is 1. The van der Waals surface area contributed by atoms with Gasteiger partial charge in [0.2, 0.25) is 0 Å². The fourth-order valence-corrected chi connectivity index (χ4v) is 5.17. The van der Waals surface area contributed by atoms with Crippen molar-refractivity contribution in [2.75, 3.05) is 37.7 Å². The second-order valence-corrected chi connectivity index (χ2v) is 9.80. The van der Waals surface area contributed by atoms with Gasteiger partial charge in [0.1, 0.15) is 11.3 Å². The normalized spacial score (nSPS) is 12.7. The summed E-state index contributed by atoms with van der Waals surface area (Å²) in [5, 5.41) is 27.1. The lowest BCUT2D eigenvalue weighted by Crippen LogP contribution is -2.24. The Hall–Kier alpha value is -1.26. The average Bonchev–Trinajstić information content (AvgIpc) is 3.17. The molecule has 2 aromatic carbocycles. The van der Waals surface area contributed by atoms with Crippen LogP contribution in [0.4, 0.5) is 0 Å². The number of halogens is 2. The van der Waals surface area contributed by atoms with Crippen molar-refractivity contribution < 1.29 is 10.2 Å². The van der Waals surface area contributed by atoms with Gasteiger partial charge in [-0.15, -0.1) is 24.8 Å². The zero-order chi connectivity index (χ0) is 22.1. The first-order valence-corrected chi connectivity index (χ1v) is 12.6. The van der Waals surface area contributed by atoms with E-state index < -0.39 is 6.10 Å². The van der Waals surface area contributed by atoms with Crippen LogP contribution in [-0.2, 0) is 0 Å². The molecule has 3 rings (SSSR count). The number of phenols is 1. The summed E-state index contributed by atoms with van der Waals surface area (Å²) in [6.45, 7) is 5.48. The Kier molecular flexibility index (Phi) is 14.1. The molecular weight excluding hydrogens is 501 g/mol. The van der Waals surface area contributed by atoms with Crippen LogP contribution >= 0.6 is 47.9 Å². The van der Waals surface area contributed by atoms with Crippen LogP contribution in [0.3, 0.4) is 0 Å². The van der Waals surface area contributed by atoms with Gasteiger partial charge in [0.05, 0.1) is 10.8 Å². The molecule has 0 aliphatic carbocycles. The van der Waals surface area contributed by atoms with Gasteiger partial charge in [0, 0.05) is 31.0 Å².